The van der Waals surface area contributed by atoms with Crippen molar-refractivity contribution >= 4 is 27.3 Å². The number of hydrogen-bond donors (Lipinski definition) is 1. The molecule has 1 N–H and O–H groups in total. The highest BCUT2D eigenvalue weighted by Crippen LogP contribution is 2.37. The average Bonchev–Trinajstić information content (AvgIpc) is 2.79. The molecule has 7 nitrogen and oxygen atoms in total. The standard InChI is InChI=1S/C24H24N2O5S/c1-17(2)30-19-14-12-18(13-15-19)25-24(27)23-16-26(21-10-6-7-11-22(21)31-23)32(28,29)20-8-4-3-5-9-20/h3-15,17,23H,16H2,1-2H3,(H,25,27)/t23-/m1/s1. The summed E-state index contributed by atoms with van der Waals surface area (Å²) in [6.45, 7) is 3.72. The zero-order chi connectivity index (χ0) is 22.7. The number of carbonyl (C=O) groups excluding carboxylic acids is 1. The van der Waals surface area contributed by atoms with E-state index in [0.717, 1.165) is 0 Å². The van der Waals surface area contributed by atoms with E-state index < -0.39 is 22.0 Å². The van der Waals surface area contributed by atoms with Gasteiger partial charge in [0.1, 0.15) is 11.5 Å². The second kappa shape index (κ2) is 8.92. The molecule has 0 radical (unpaired) electrons. The Labute approximate surface area is 187 Å². The summed E-state index contributed by atoms with van der Waals surface area (Å²) in [5, 5.41) is 2.79. The lowest BCUT2D eigenvalue weighted by Crippen LogP contribution is -2.48. The number of para-hydroxylation sites is 2. The number of ether oxygens (including phenoxy) is 2. The van der Waals surface area contributed by atoms with Gasteiger partial charge in [0.2, 0.25) is 0 Å². The number of rotatable bonds is 6. The molecule has 1 amide bonds. The van der Waals surface area contributed by atoms with Crippen molar-refractivity contribution < 1.29 is 22.7 Å². The molecule has 0 fully saturated rings. The lowest BCUT2D eigenvalue weighted by molar-refractivity contribution is -0.122. The Morgan fingerprint density at radius 1 is 1.00 bits per heavy atom. The van der Waals surface area contributed by atoms with Gasteiger partial charge in [-0.05, 0) is 62.4 Å². The normalized spacial score (nSPS) is 15.6. The number of benzene rings is 3. The second-order valence-electron chi connectivity index (χ2n) is 7.60. The molecule has 0 saturated carbocycles. The number of amides is 1. The fourth-order valence-corrected chi connectivity index (χ4v) is 4.89. The Morgan fingerprint density at radius 2 is 1.66 bits per heavy atom. The molecule has 1 atom stereocenters. The summed E-state index contributed by atoms with van der Waals surface area (Å²) in [7, 11) is -3.88. The van der Waals surface area contributed by atoms with Gasteiger partial charge in [-0.1, -0.05) is 30.3 Å². The minimum absolute atomic E-state index is 0.0451. The Bertz CT molecular complexity index is 1190. The van der Waals surface area contributed by atoms with Gasteiger partial charge in [0, 0.05) is 5.69 Å². The molecule has 1 aliphatic heterocycles. The second-order valence-corrected chi connectivity index (χ2v) is 9.47. The van der Waals surface area contributed by atoms with Crippen molar-refractivity contribution in [2.45, 2.75) is 31.0 Å². The van der Waals surface area contributed by atoms with E-state index in [1.54, 1.807) is 66.7 Å². The van der Waals surface area contributed by atoms with Crippen LogP contribution >= 0.6 is 0 Å². The van der Waals surface area contributed by atoms with Crippen LogP contribution in [0.15, 0.2) is 83.8 Å². The largest absolute Gasteiger partial charge is 0.491 e. The van der Waals surface area contributed by atoms with Crippen molar-refractivity contribution in [1.29, 1.82) is 0 Å². The van der Waals surface area contributed by atoms with E-state index >= 15 is 0 Å². The first kappa shape index (κ1) is 21.7. The number of fused-ring (bicyclic) bond motifs is 1. The maximum atomic E-state index is 13.3. The third-order valence-electron chi connectivity index (χ3n) is 4.85. The summed E-state index contributed by atoms with van der Waals surface area (Å²) in [5.74, 6) is 0.588. The first-order valence-corrected chi connectivity index (χ1v) is 11.7. The fraction of sp³-hybridized carbons (Fsp3) is 0.208. The average molecular weight is 453 g/mol. The molecular formula is C24H24N2O5S. The molecule has 3 aromatic carbocycles. The molecule has 8 heteroatoms. The molecule has 0 spiro atoms. The maximum Gasteiger partial charge on any atom is 0.267 e. The van der Waals surface area contributed by atoms with Gasteiger partial charge in [-0.25, -0.2) is 8.42 Å². The van der Waals surface area contributed by atoms with Crippen LogP contribution in [0.25, 0.3) is 0 Å². The fourth-order valence-electron chi connectivity index (χ4n) is 3.40. The minimum atomic E-state index is -3.88. The molecular weight excluding hydrogens is 428 g/mol. The number of nitrogens with zero attached hydrogens (tertiary/aromatic N) is 1. The quantitative estimate of drug-likeness (QED) is 0.610. The maximum absolute atomic E-state index is 13.3. The number of carbonyl (C=O) groups is 1. The highest BCUT2D eigenvalue weighted by atomic mass is 32.2. The van der Waals surface area contributed by atoms with Crippen molar-refractivity contribution in [1.82, 2.24) is 0 Å². The van der Waals surface area contributed by atoms with Crippen LogP contribution in [0.4, 0.5) is 11.4 Å². The zero-order valence-electron chi connectivity index (χ0n) is 17.8. The lowest BCUT2D eigenvalue weighted by Gasteiger charge is -2.34. The molecule has 3 aromatic rings. The molecule has 4 rings (SSSR count). The lowest BCUT2D eigenvalue weighted by atomic mass is 10.2. The van der Waals surface area contributed by atoms with E-state index in [4.69, 9.17) is 9.47 Å². The van der Waals surface area contributed by atoms with Crippen LogP contribution in [0, 0.1) is 0 Å². The Balaban J connectivity index is 1.57. The third kappa shape index (κ3) is 4.55. The summed E-state index contributed by atoms with van der Waals surface area (Å²) in [4.78, 5) is 13.1. The highest BCUT2D eigenvalue weighted by Gasteiger charge is 2.37. The third-order valence-corrected chi connectivity index (χ3v) is 6.65. The van der Waals surface area contributed by atoms with E-state index in [-0.39, 0.29) is 17.5 Å². The van der Waals surface area contributed by atoms with E-state index in [9.17, 15) is 13.2 Å². The number of sulfonamides is 1. The molecule has 0 saturated heterocycles. The van der Waals surface area contributed by atoms with Gasteiger partial charge in [-0.2, -0.15) is 0 Å². The van der Waals surface area contributed by atoms with Crippen LogP contribution in [-0.4, -0.2) is 33.1 Å². The Hall–Kier alpha value is -3.52. The summed E-state index contributed by atoms with van der Waals surface area (Å²) >= 11 is 0. The van der Waals surface area contributed by atoms with Crippen molar-refractivity contribution in [3.05, 3.63) is 78.9 Å². The van der Waals surface area contributed by atoms with Crippen LogP contribution in [0.5, 0.6) is 11.5 Å². The molecule has 166 valence electrons. The molecule has 0 aliphatic carbocycles. The van der Waals surface area contributed by atoms with Crippen LogP contribution in [0.3, 0.4) is 0 Å². The molecule has 1 heterocycles. The van der Waals surface area contributed by atoms with Crippen LogP contribution in [0.1, 0.15) is 13.8 Å². The van der Waals surface area contributed by atoms with Crippen molar-refractivity contribution in [2.75, 3.05) is 16.2 Å². The van der Waals surface area contributed by atoms with Gasteiger partial charge in [0.25, 0.3) is 15.9 Å². The monoisotopic (exact) mass is 452 g/mol. The Kier molecular flexibility index (Phi) is 6.05. The molecule has 0 bridgehead atoms. The van der Waals surface area contributed by atoms with Gasteiger partial charge >= 0.3 is 0 Å². The summed E-state index contributed by atoms with van der Waals surface area (Å²) in [5.41, 5.74) is 0.960. The van der Waals surface area contributed by atoms with E-state index in [1.165, 1.54) is 16.4 Å². The highest BCUT2D eigenvalue weighted by molar-refractivity contribution is 7.92. The zero-order valence-corrected chi connectivity index (χ0v) is 18.6. The van der Waals surface area contributed by atoms with Crippen molar-refractivity contribution in [3.63, 3.8) is 0 Å². The predicted molar refractivity (Wildman–Crippen MR) is 123 cm³/mol. The van der Waals surface area contributed by atoms with Gasteiger partial charge in [-0.15, -0.1) is 0 Å². The van der Waals surface area contributed by atoms with Gasteiger partial charge in [-0.3, -0.25) is 9.10 Å². The summed E-state index contributed by atoms with van der Waals surface area (Å²) < 4.78 is 39.4. The smallest absolute Gasteiger partial charge is 0.267 e. The summed E-state index contributed by atoms with van der Waals surface area (Å²) in [6.07, 6.45) is -0.973. The van der Waals surface area contributed by atoms with E-state index in [1.807, 2.05) is 13.8 Å². The van der Waals surface area contributed by atoms with Crippen LogP contribution < -0.4 is 19.1 Å². The van der Waals surface area contributed by atoms with Gasteiger partial charge in [0.05, 0.1) is 23.2 Å². The SMILES string of the molecule is CC(C)Oc1ccc(NC(=O)[C@H]2CN(S(=O)(=O)c3ccccc3)c3ccccc3O2)cc1. The van der Waals surface area contributed by atoms with Crippen molar-refractivity contribution in [3.8, 4) is 11.5 Å². The van der Waals surface area contributed by atoms with Crippen LogP contribution in [0.2, 0.25) is 0 Å². The topological polar surface area (TPSA) is 84.9 Å². The summed E-state index contributed by atoms with van der Waals surface area (Å²) in [6, 6.07) is 21.9. The number of hydrogen-bond acceptors (Lipinski definition) is 5. The molecule has 0 unspecified atom stereocenters. The molecule has 32 heavy (non-hydrogen) atoms. The van der Waals surface area contributed by atoms with Crippen molar-refractivity contribution in [2.24, 2.45) is 0 Å². The van der Waals surface area contributed by atoms with E-state index in [0.29, 0.717) is 22.9 Å². The molecule has 0 aromatic heterocycles. The Morgan fingerprint density at radius 3 is 2.34 bits per heavy atom. The number of nitrogens with one attached hydrogen (secondary N) is 1. The van der Waals surface area contributed by atoms with Gasteiger partial charge in [0.15, 0.2) is 6.10 Å². The first-order valence-electron chi connectivity index (χ1n) is 10.3. The first-order chi connectivity index (χ1) is 15.3. The van der Waals surface area contributed by atoms with Crippen LogP contribution in [-0.2, 0) is 14.8 Å². The predicted octanol–water partition coefficient (Wildman–Crippen LogP) is 4.07. The number of anilines is 2. The molecule has 1 aliphatic rings. The minimum Gasteiger partial charge on any atom is -0.491 e. The van der Waals surface area contributed by atoms with E-state index in [2.05, 4.69) is 5.32 Å². The van der Waals surface area contributed by atoms with Gasteiger partial charge < -0.3 is 14.8 Å².